The first-order valence-electron chi connectivity index (χ1n) is 10.2. The normalized spacial score (nSPS) is 14.4. The second-order valence-electron chi connectivity index (χ2n) is 7.33. The van der Waals surface area contributed by atoms with Crippen LogP contribution in [-0.2, 0) is 4.74 Å². The second kappa shape index (κ2) is 8.16. The van der Waals surface area contributed by atoms with E-state index in [4.69, 9.17) is 14.7 Å². The molecule has 5 heterocycles. The molecule has 0 spiro atoms. The van der Waals surface area contributed by atoms with Gasteiger partial charge in [-0.15, -0.1) is 34.0 Å². The largest absolute Gasteiger partial charge is 0.378 e. The standard InChI is InChI=1S/C24H19N3OS3/c1-2-5-19-16(4-1)14-23(30-19)18-15-17(25-24(26-18)27-9-11-28-12-10-27)20-7-8-22(31-20)21-6-3-13-29-21/h1-8,13-15H,9-12H2. The number of morpholine rings is 1. The van der Waals surface area contributed by atoms with Crippen LogP contribution >= 0.6 is 34.0 Å². The summed E-state index contributed by atoms with van der Waals surface area (Å²) in [6.07, 6.45) is 0. The Kier molecular flexibility index (Phi) is 5.04. The van der Waals surface area contributed by atoms with Gasteiger partial charge in [0.1, 0.15) is 0 Å². The van der Waals surface area contributed by atoms with Crippen molar-refractivity contribution in [2.75, 3.05) is 31.2 Å². The van der Waals surface area contributed by atoms with Crippen molar-refractivity contribution in [2.24, 2.45) is 0 Å². The Labute approximate surface area is 192 Å². The minimum Gasteiger partial charge on any atom is -0.378 e. The van der Waals surface area contributed by atoms with Crippen LogP contribution in [0.15, 0.2) is 66.0 Å². The van der Waals surface area contributed by atoms with Gasteiger partial charge in [-0.3, -0.25) is 0 Å². The molecule has 1 saturated heterocycles. The first-order chi connectivity index (χ1) is 15.3. The second-order valence-corrected chi connectivity index (χ2v) is 10.4. The molecule has 0 bridgehead atoms. The lowest BCUT2D eigenvalue weighted by Gasteiger charge is -2.27. The molecule has 0 atom stereocenters. The predicted octanol–water partition coefficient (Wildman–Crippen LogP) is 6.65. The van der Waals surface area contributed by atoms with Gasteiger partial charge in [-0.05, 0) is 47.2 Å². The number of nitrogens with zero attached hydrogens (tertiary/aromatic N) is 3. The SMILES string of the molecule is c1csc(-c2ccc(-c3cc(-c4cc5ccccc5s4)nc(N4CCOCC4)n3)s2)c1. The van der Waals surface area contributed by atoms with E-state index in [9.17, 15) is 0 Å². The molecule has 7 heteroatoms. The summed E-state index contributed by atoms with van der Waals surface area (Å²) in [5.74, 6) is 0.791. The zero-order valence-electron chi connectivity index (χ0n) is 16.7. The highest BCUT2D eigenvalue weighted by atomic mass is 32.1. The average molecular weight is 462 g/mol. The minimum absolute atomic E-state index is 0.716. The zero-order chi connectivity index (χ0) is 20.6. The van der Waals surface area contributed by atoms with Crippen LogP contribution in [0.5, 0.6) is 0 Å². The van der Waals surface area contributed by atoms with Gasteiger partial charge in [-0.25, -0.2) is 9.97 Å². The van der Waals surface area contributed by atoms with Gasteiger partial charge in [0.2, 0.25) is 5.95 Å². The fourth-order valence-electron chi connectivity index (χ4n) is 3.73. The van der Waals surface area contributed by atoms with Gasteiger partial charge in [0.05, 0.1) is 34.4 Å². The molecule has 0 unspecified atom stereocenters. The van der Waals surface area contributed by atoms with Crippen LogP contribution in [0.1, 0.15) is 0 Å². The molecule has 0 saturated carbocycles. The highest BCUT2D eigenvalue weighted by molar-refractivity contribution is 7.23. The fraction of sp³-hybridized carbons (Fsp3) is 0.167. The van der Waals surface area contributed by atoms with Gasteiger partial charge >= 0.3 is 0 Å². The minimum atomic E-state index is 0.716. The van der Waals surface area contributed by atoms with Gasteiger partial charge in [-0.2, -0.15) is 0 Å². The molecule has 0 aliphatic carbocycles. The van der Waals surface area contributed by atoms with Crippen LogP contribution in [-0.4, -0.2) is 36.3 Å². The molecule has 0 N–H and O–H groups in total. The van der Waals surface area contributed by atoms with E-state index >= 15 is 0 Å². The quantitative estimate of drug-likeness (QED) is 0.300. The third-order valence-electron chi connectivity index (χ3n) is 5.31. The number of hydrogen-bond acceptors (Lipinski definition) is 7. The lowest BCUT2D eigenvalue weighted by Crippen LogP contribution is -2.37. The smallest absolute Gasteiger partial charge is 0.226 e. The lowest BCUT2D eigenvalue weighted by atomic mass is 10.2. The fourth-order valence-corrected chi connectivity index (χ4v) is 6.55. The summed E-state index contributed by atoms with van der Waals surface area (Å²) in [6, 6.07) is 21.5. The van der Waals surface area contributed by atoms with Gasteiger partial charge < -0.3 is 9.64 Å². The molecule has 1 fully saturated rings. The van der Waals surface area contributed by atoms with E-state index in [0.717, 1.165) is 30.4 Å². The molecule has 1 aliphatic rings. The van der Waals surface area contributed by atoms with Crippen LogP contribution in [0.2, 0.25) is 0 Å². The van der Waals surface area contributed by atoms with Crippen molar-refractivity contribution in [1.82, 2.24) is 9.97 Å². The lowest BCUT2D eigenvalue weighted by molar-refractivity contribution is 0.122. The van der Waals surface area contributed by atoms with E-state index in [1.165, 1.54) is 29.6 Å². The third-order valence-corrected chi connectivity index (χ3v) is 8.62. The van der Waals surface area contributed by atoms with Crippen molar-refractivity contribution in [2.45, 2.75) is 0 Å². The molecule has 6 rings (SSSR count). The van der Waals surface area contributed by atoms with E-state index in [1.54, 1.807) is 34.0 Å². The van der Waals surface area contributed by atoms with Crippen molar-refractivity contribution < 1.29 is 4.74 Å². The Morgan fingerprint density at radius 2 is 1.55 bits per heavy atom. The Morgan fingerprint density at radius 1 is 0.742 bits per heavy atom. The van der Waals surface area contributed by atoms with E-state index in [2.05, 4.69) is 70.9 Å². The van der Waals surface area contributed by atoms with Crippen LogP contribution in [0.4, 0.5) is 5.95 Å². The van der Waals surface area contributed by atoms with Crippen LogP contribution in [0.3, 0.4) is 0 Å². The molecule has 4 aromatic heterocycles. The summed E-state index contributed by atoms with van der Waals surface area (Å²) in [5, 5.41) is 3.38. The summed E-state index contributed by atoms with van der Waals surface area (Å²) in [4.78, 5) is 17.1. The maximum Gasteiger partial charge on any atom is 0.226 e. The Hall–Kier alpha value is -2.58. The molecule has 4 nitrogen and oxygen atoms in total. The molecule has 1 aromatic carbocycles. The van der Waals surface area contributed by atoms with Gasteiger partial charge in [0.15, 0.2) is 0 Å². The topological polar surface area (TPSA) is 38.2 Å². The van der Waals surface area contributed by atoms with E-state index in [0.29, 0.717) is 13.2 Å². The molecule has 31 heavy (non-hydrogen) atoms. The van der Waals surface area contributed by atoms with Crippen LogP contribution in [0.25, 0.3) is 41.0 Å². The van der Waals surface area contributed by atoms with Crippen molar-refractivity contribution in [3.63, 3.8) is 0 Å². The molecule has 1 aliphatic heterocycles. The number of anilines is 1. The van der Waals surface area contributed by atoms with Crippen molar-refractivity contribution in [3.8, 4) is 30.9 Å². The summed E-state index contributed by atoms with van der Waals surface area (Å²) in [6.45, 7) is 3.07. The number of ether oxygens (including phenoxy) is 1. The molecule has 5 aromatic rings. The highest BCUT2D eigenvalue weighted by Crippen LogP contribution is 2.39. The van der Waals surface area contributed by atoms with Crippen LogP contribution in [0, 0.1) is 0 Å². The Balaban J connectivity index is 1.46. The first-order valence-corrected chi connectivity index (χ1v) is 12.7. The Morgan fingerprint density at radius 3 is 2.35 bits per heavy atom. The number of thiophene rings is 3. The summed E-state index contributed by atoms with van der Waals surface area (Å²) < 4.78 is 6.82. The molecular formula is C24H19N3OS3. The van der Waals surface area contributed by atoms with Crippen molar-refractivity contribution >= 4 is 50.0 Å². The number of aromatic nitrogens is 2. The van der Waals surface area contributed by atoms with E-state index < -0.39 is 0 Å². The monoisotopic (exact) mass is 461 g/mol. The first kappa shape index (κ1) is 19.1. The van der Waals surface area contributed by atoms with Crippen molar-refractivity contribution in [1.29, 1.82) is 0 Å². The highest BCUT2D eigenvalue weighted by Gasteiger charge is 2.18. The molecule has 0 amide bonds. The maximum atomic E-state index is 5.54. The summed E-state index contributed by atoms with van der Waals surface area (Å²) in [7, 11) is 0. The summed E-state index contributed by atoms with van der Waals surface area (Å²) in [5.41, 5.74) is 1.97. The van der Waals surface area contributed by atoms with Crippen molar-refractivity contribution in [3.05, 3.63) is 66.0 Å². The van der Waals surface area contributed by atoms with Gasteiger partial charge in [0.25, 0.3) is 0 Å². The number of rotatable bonds is 4. The van der Waals surface area contributed by atoms with Crippen LogP contribution < -0.4 is 4.90 Å². The Bertz CT molecular complexity index is 1300. The predicted molar refractivity (Wildman–Crippen MR) is 133 cm³/mol. The number of fused-ring (bicyclic) bond motifs is 1. The summed E-state index contributed by atoms with van der Waals surface area (Å²) >= 11 is 5.34. The molecular weight excluding hydrogens is 442 g/mol. The average Bonchev–Trinajstić information content (AvgIpc) is 3.59. The van der Waals surface area contributed by atoms with Gasteiger partial charge in [0, 0.05) is 27.5 Å². The number of hydrogen-bond donors (Lipinski definition) is 0. The molecule has 0 radical (unpaired) electrons. The zero-order valence-corrected chi connectivity index (χ0v) is 19.1. The van der Waals surface area contributed by atoms with E-state index in [1.807, 2.05) is 0 Å². The number of benzene rings is 1. The third kappa shape index (κ3) is 3.78. The maximum absolute atomic E-state index is 5.54. The van der Waals surface area contributed by atoms with Gasteiger partial charge in [-0.1, -0.05) is 24.3 Å². The van der Waals surface area contributed by atoms with E-state index in [-0.39, 0.29) is 0 Å². The molecule has 154 valence electrons.